The van der Waals surface area contributed by atoms with Gasteiger partial charge in [-0.1, -0.05) is 17.6 Å². The van der Waals surface area contributed by atoms with Gasteiger partial charge in [0, 0.05) is 0 Å². The van der Waals surface area contributed by atoms with Gasteiger partial charge < -0.3 is 10.2 Å². The summed E-state index contributed by atoms with van der Waals surface area (Å²) in [6.07, 6.45) is 0. The Balaban J connectivity index is 3.25. The van der Waals surface area contributed by atoms with Crippen molar-refractivity contribution in [3.63, 3.8) is 0 Å². The van der Waals surface area contributed by atoms with Crippen molar-refractivity contribution in [1.29, 1.82) is 0 Å². The average molecular weight is 120 g/mol. The third-order valence-corrected chi connectivity index (χ3v) is 1.05. The van der Waals surface area contributed by atoms with Gasteiger partial charge in [-0.2, -0.15) is 0 Å². The van der Waals surface area contributed by atoms with Crippen LogP contribution in [0.3, 0.4) is 0 Å². The molecular weight excluding hydrogens is 115 g/mol. The Morgan fingerprint density at radius 2 is 1.89 bits per heavy atom. The van der Waals surface area contributed by atoms with E-state index in [0.717, 1.165) is 0 Å². The maximum absolute atomic E-state index is 8.83. The molecule has 9 heavy (non-hydrogen) atoms. The normalized spacial score (nSPS) is 9.33. The summed E-state index contributed by atoms with van der Waals surface area (Å²) in [6.45, 7) is 0. The Hall–Kier alpha value is -1.12. The van der Waals surface area contributed by atoms with Crippen LogP contribution in [0, 0.1) is 0 Å². The molecule has 1 aromatic carbocycles. The van der Waals surface area contributed by atoms with Gasteiger partial charge in [-0.3, -0.25) is 0 Å². The van der Waals surface area contributed by atoms with Crippen molar-refractivity contribution in [3.8, 4) is 11.5 Å². The van der Waals surface area contributed by atoms with Crippen molar-refractivity contribution in [1.82, 2.24) is 0 Å². The highest BCUT2D eigenvalue weighted by Gasteiger charge is 1.97. The maximum Gasteiger partial charge on any atom is 0.156 e. The molecule has 1 rings (SSSR count). The van der Waals surface area contributed by atoms with Crippen LogP contribution in [0.15, 0.2) is 18.2 Å². The molecule has 2 radical (unpaired) electrons. The number of rotatable bonds is 0. The lowest BCUT2D eigenvalue weighted by Gasteiger charge is -1.98. The Kier molecular flexibility index (Phi) is 1.34. The Bertz CT molecular complexity index is 202. The van der Waals surface area contributed by atoms with E-state index in [1.165, 1.54) is 12.1 Å². The van der Waals surface area contributed by atoms with E-state index in [1.807, 2.05) is 0 Å². The lowest BCUT2D eigenvalue weighted by molar-refractivity contribution is 0.407. The zero-order valence-corrected chi connectivity index (χ0v) is 4.70. The molecule has 0 amide bonds. The standard InChI is InChI=1S/C6H5BO2/c7-4-2-1-3-5(8)6(4)9/h1-3,8-9H. The van der Waals surface area contributed by atoms with Gasteiger partial charge in [0.25, 0.3) is 0 Å². The first kappa shape index (κ1) is 6.01. The highest BCUT2D eigenvalue weighted by atomic mass is 16.3. The monoisotopic (exact) mass is 120 g/mol. The number of hydrogen-bond acceptors (Lipinski definition) is 2. The molecule has 0 spiro atoms. The quantitative estimate of drug-likeness (QED) is 0.370. The van der Waals surface area contributed by atoms with Crippen LogP contribution in [0.4, 0.5) is 0 Å². The summed E-state index contributed by atoms with van der Waals surface area (Å²) in [7, 11) is 5.21. The third-order valence-electron chi connectivity index (χ3n) is 1.05. The predicted octanol–water partition coefficient (Wildman–Crippen LogP) is -0.108. The number of hydrogen-bond donors (Lipinski definition) is 2. The molecule has 0 heterocycles. The zero-order valence-electron chi connectivity index (χ0n) is 4.70. The van der Waals surface area contributed by atoms with Crippen molar-refractivity contribution in [2.45, 2.75) is 0 Å². The first-order valence-corrected chi connectivity index (χ1v) is 2.48. The highest BCUT2D eigenvalue weighted by molar-refractivity contribution is 6.34. The Morgan fingerprint density at radius 3 is 2.33 bits per heavy atom. The number of para-hydroxylation sites is 1. The van der Waals surface area contributed by atoms with Crippen LogP contribution in [0.25, 0.3) is 0 Å². The van der Waals surface area contributed by atoms with Gasteiger partial charge in [0.2, 0.25) is 0 Å². The highest BCUT2D eigenvalue weighted by Crippen LogP contribution is 2.18. The van der Waals surface area contributed by atoms with Crippen LogP contribution in [0.5, 0.6) is 11.5 Å². The molecule has 0 atom stereocenters. The van der Waals surface area contributed by atoms with E-state index in [2.05, 4.69) is 0 Å². The molecule has 3 heteroatoms. The van der Waals surface area contributed by atoms with Gasteiger partial charge in [-0.25, -0.2) is 0 Å². The van der Waals surface area contributed by atoms with Crippen molar-refractivity contribution in [3.05, 3.63) is 18.2 Å². The fourth-order valence-corrected chi connectivity index (χ4v) is 0.549. The molecule has 0 aliphatic heterocycles. The van der Waals surface area contributed by atoms with E-state index >= 15 is 0 Å². The van der Waals surface area contributed by atoms with Gasteiger partial charge in [-0.05, 0) is 6.07 Å². The minimum absolute atomic E-state index is 0.185. The second kappa shape index (κ2) is 2.01. The summed E-state index contributed by atoms with van der Waals surface area (Å²) in [4.78, 5) is 0. The van der Waals surface area contributed by atoms with Gasteiger partial charge in [0.15, 0.2) is 5.75 Å². The van der Waals surface area contributed by atoms with E-state index in [4.69, 9.17) is 18.1 Å². The largest absolute Gasteiger partial charge is 0.505 e. The number of phenolic OH excluding ortho intramolecular Hbond substituents is 2. The molecule has 0 saturated heterocycles. The molecule has 0 aromatic heterocycles. The SMILES string of the molecule is [B]c1cccc(O)c1O. The summed E-state index contributed by atoms with van der Waals surface area (Å²) < 4.78 is 0. The second-order valence-corrected chi connectivity index (χ2v) is 1.71. The maximum atomic E-state index is 8.83. The molecular formula is C6H5BO2. The van der Waals surface area contributed by atoms with Crippen molar-refractivity contribution in [2.24, 2.45) is 0 Å². The van der Waals surface area contributed by atoms with Crippen LogP contribution in [0.2, 0.25) is 0 Å². The predicted molar refractivity (Wildman–Crippen MR) is 35.2 cm³/mol. The lowest BCUT2D eigenvalue weighted by atomic mass is 9.95. The van der Waals surface area contributed by atoms with Crippen LogP contribution >= 0.6 is 0 Å². The van der Waals surface area contributed by atoms with Crippen LogP contribution in [-0.2, 0) is 0 Å². The van der Waals surface area contributed by atoms with Gasteiger partial charge in [0.1, 0.15) is 13.6 Å². The molecule has 0 saturated carbocycles. The first-order chi connectivity index (χ1) is 4.22. The average Bonchev–Trinajstić information content (AvgIpc) is 1.83. The summed E-state index contributed by atoms with van der Waals surface area (Å²) in [6, 6.07) is 4.44. The molecule has 0 aliphatic rings. The summed E-state index contributed by atoms with van der Waals surface area (Å²) in [5.74, 6) is -0.437. The topological polar surface area (TPSA) is 40.5 Å². The molecule has 1 aromatic rings. The first-order valence-electron chi connectivity index (χ1n) is 2.48. The van der Waals surface area contributed by atoms with Crippen LogP contribution in [0.1, 0.15) is 0 Å². The van der Waals surface area contributed by atoms with E-state index in [9.17, 15) is 0 Å². The fraction of sp³-hybridized carbons (Fsp3) is 0. The van der Waals surface area contributed by atoms with Crippen molar-refractivity contribution in [2.75, 3.05) is 0 Å². The smallest absolute Gasteiger partial charge is 0.156 e. The Morgan fingerprint density at radius 1 is 1.22 bits per heavy atom. The van der Waals surface area contributed by atoms with Crippen LogP contribution in [-0.4, -0.2) is 18.1 Å². The minimum Gasteiger partial charge on any atom is -0.505 e. The van der Waals surface area contributed by atoms with Gasteiger partial charge in [0.05, 0.1) is 0 Å². The molecule has 0 aliphatic carbocycles. The van der Waals surface area contributed by atoms with Crippen molar-refractivity contribution < 1.29 is 10.2 Å². The Labute approximate surface area is 54.2 Å². The number of phenols is 2. The molecule has 0 unspecified atom stereocenters. The molecule has 44 valence electrons. The van der Waals surface area contributed by atoms with E-state index in [0.29, 0.717) is 0 Å². The summed E-state index contributed by atoms with van der Waals surface area (Å²) in [5.41, 5.74) is 0.190. The van der Waals surface area contributed by atoms with E-state index in [1.54, 1.807) is 6.07 Å². The molecule has 0 fully saturated rings. The van der Waals surface area contributed by atoms with Crippen LogP contribution < -0.4 is 5.46 Å². The number of benzene rings is 1. The molecule has 0 bridgehead atoms. The van der Waals surface area contributed by atoms with Crippen molar-refractivity contribution >= 4 is 13.3 Å². The fourth-order valence-electron chi connectivity index (χ4n) is 0.549. The summed E-state index contributed by atoms with van der Waals surface area (Å²) in [5, 5.41) is 17.6. The molecule has 2 N–H and O–H groups in total. The number of aromatic hydroxyl groups is 2. The van der Waals surface area contributed by atoms with E-state index < -0.39 is 0 Å². The second-order valence-electron chi connectivity index (χ2n) is 1.71. The summed E-state index contributed by atoms with van der Waals surface area (Å²) >= 11 is 0. The minimum atomic E-state index is -0.252. The third kappa shape index (κ3) is 0.990. The zero-order chi connectivity index (χ0) is 6.85. The lowest BCUT2D eigenvalue weighted by Crippen LogP contribution is -2.00. The van der Waals surface area contributed by atoms with Gasteiger partial charge in [-0.15, -0.1) is 0 Å². The molecule has 2 nitrogen and oxygen atoms in total. The van der Waals surface area contributed by atoms with Gasteiger partial charge >= 0.3 is 0 Å². The van der Waals surface area contributed by atoms with E-state index in [-0.39, 0.29) is 17.0 Å².